The van der Waals surface area contributed by atoms with E-state index >= 15 is 0 Å². The monoisotopic (exact) mass is 197 g/mol. The molecule has 0 heterocycles. The van der Waals surface area contributed by atoms with Crippen molar-refractivity contribution in [2.75, 3.05) is 6.54 Å². The summed E-state index contributed by atoms with van der Waals surface area (Å²) in [6.45, 7) is 1.04. The molecule has 4 nitrogen and oxygen atoms in total. The first-order valence-electron chi connectivity index (χ1n) is 4.40. The second-order valence-corrected chi connectivity index (χ2v) is 2.71. The highest BCUT2D eigenvalue weighted by Crippen LogP contribution is 2.00. The fraction of sp³-hybridized carbons (Fsp3) is 0.300. The second-order valence-electron chi connectivity index (χ2n) is 2.71. The molecule has 0 saturated carbocycles. The number of aryl methyl sites for hydroxylation is 1. The number of carbonyl (C=O) groups is 1. The van der Waals surface area contributed by atoms with Crippen LogP contribution in [0.15, 0.2) is 30.3 Å². The van der Waals surface area contributed by atoms with E-state index in [1.165, 1.54) is 18.4 Å². The number of rotatable bonds is 3. The summed E-state index contributed by atoms with van der Waals surface area (Å²) in [4.78, 5) is 8.44. The summed E-state index contributed by atoms with van der Waals surface area (Å²) >= 11 is 0. The smallest absolute Gasteiger partial charge is 0.249 e. The first-order valence-corrected chi connectivity index (χ1v) is 4.40. The highest BCUT2D eigenvalue weighted by atomic mass is 16.6. The summed E-state index contributed by atoms with van der Waals surface area (Å²) in [6, 6.07) is 10.5. The molecule has 0 unspecified atom stereocenters. The van der Waals surface area contributed by atoms with Gasteiger partial charge >= 0.3 is 0 Å². The van der Waals surface area contributed by atoms with E-state index < -0.39 is 6.16 Å². The van der Waals surface area contributed by atoms with Crippen LogP contribution < -0.4 is 10.8 Å². The van der Waals surface area contributed by atoms with Gasteiger partial charge < -0.3 is 20.7 Å². The van der Waals surface area contributed by atoms with Crippen molar-refractivity contribution < 1.29 is 20.7 Å². The number of hydrogen-bond acceptors (Lipinski definition) is 2. The van der Waals surface area contributed by atoms with E-state index in [1.807, 2.05) is 6.07 Å². The van der Waals surface area contributed by atoms with Crippen molar-refractivity contribution in [3.05, 3.63) is 35.9 Å². The molecule has 78 valence electrons. The standard InChI is InChI=1S/C9H13N.CH2O3/c10-8-4-7-9-5-2-1-3-6-9;2-1(3)4/h1-3,5-6H,4,7-8,10H2;(H2,2,3,4). The zero-order chi connectivity index (χ0) is 10.8. The third kappa shape index (κ3) is 8.55. The Bertz CT molecular complexity index is 245. The maximum Gasteiger partial charge on any atom is 0.249 e. The van der Waals surface area contributed by atoms with Crippen LogP contribution in [-0.2, 0) is 6.42 Å². The summed E-state index contributed by atoms with van der Waals surface area (Å²) in [5, 5.41) is 15.3. The SMILES string of the molecule is O=C([O-])O.[NH3+]CCCc1ccccc1. The minimum absolute atomic E-state index is 1.04. The Morgan fingerprint density at radius 1 is 1.36 bits per heavy atom. The average molecular weight is 197 g/mol. The molecule has 0 amide bonds. The van der Waals surface area contributed by atoms with Gasteiger partial charge in [0.05, 0.1) is 6.54 Å². The molecule has 0 spiro atoms. The van der Waals surface area contributed by atoms with Gasteiger partial charge in [-0.05, 0) is 12.0 Å². The lowest BCUT2D eigenvalue weighted by Crippen LogP contribution is -2.50. The van der Waals surface area contributed by atoms with Gasteiger partial charge in [-0.3, -0.25) is 0 Å². The zero-order valence-electron chi connectivity index (χ0n) is 7.98. The maximum atomic E-state index is 8.44. The normalized spacial score (nSPS) is 8.64. The summed E-state index contributed by atoms with van der Waals surface area (Å²) < 4.78 is 0. The highest BCUT2D eigenvalue weighted by Gasteiger charge is 1.88. The minimum Gasteiger partial charge on any atom is -0.565 e. The maximum absolute atomic E-state index is 8.44. The van der Waals surface area contributed by atoms with Crippen molar-refractivity contribution in [1.82, 2.24) is 0 Å². The molecular weight excluding hydrogens is 182 g/mol. The van der Waals surface area contributed by atoms with Crippen LogP contribution in [0.5, 0.6) is 0 Å². The molecule has 1 aromatic carbocycles. The average Bonchev–Trinajstić information content (AvgIpc) is 2.15. The highest BCUT2D eigenvalue weighted by molar-refractivity contribution is 5.50. The zero-order valence-corrected chi connectivity index (χ0v) is 7.98. The van der Waals surface area contributed by atoms with Gasteiger partial charge in [0.15, 0.2) is 0 Å². The van der Waals surface area contributed by atoms with Crippen LogP contribution in [0.1, 0.15) is 12.0 Å². The molecule has 0 bridgehead atoms. The van der Waals surface area contributed by atoms with Gasteiger partial charge in [-0.1, -0.05) is 30.3 Å². The van der Waals surface area contributed by atoms with Crippen LogP contribution in [0.3, 0.4) is 0 Å². The van der Waals surface area contributed by atoms with Crippen molar-refractivity contribution in [3.8, 4) is 0 Å². The van der Waals surface area contributed by atoms with Crippen molar-refractivity contribution >= 4 is 6.16 Å². The van der Waals surface area contributed by atoms with Gasteiger partial charge in [0.1, 0.15) is 0 Å². The molecule has 0 aromatic heterocycles. The van der Waals surface area contributed by atoms with Crippen molar-refractivity contribution in [2.45, 2.75) is 12.8 Å². The molecule has 1 aromatic rings. The van der Waals surface area contributed by atoms with E-state index in [4.69, 9.17) is 15.0 Å². The van der Waals surface area contributed by atoms with Crippen LogP contribution in [0.4, 0.5) is 4.79 Å². The number of carboxylic acid groups (broad SMARTS) is 2. The largest absolute Gasteiger partial charge is 0.565 e. The third-order valence-corrected chi connectivity index (χ3v) is 1.56. The molecule has 1 rings (SSSR count). The van der Waals surface area contributed by atoms with Gasteiger partial charge in [-0.25, -0.2) is 0 Å². The van der Waals surface area contributed by atoms with Crippen LogP contribution in [0.25, 0.3) is 0 Å². The Morgan fingerprint density at radius 3 is 2.29 bits per heavy atom. The Morgan fingerprint density at radius 2 is 1.86 bits per heavy atom. The predicted molar refractivity (Wildman–Crippen MR) is 50.5 cm³/mol. The Labute approximate surface area is 83.0 Å². The van der Waals surface area contributed by atoms with Gasteiger partial charge in [0.25, 0.3) is 0 Å². The summed E-state index contributed by atoms with van der Waals surface area (Å²) in [5.74, 6) is 0. The summed E-state index contributed by atoms with van der Waals surface area (Å²) in [7, 11) is 0. The Kier molecular flexibility index (Phi) is 7.17. The summed E-state index contributed by atoms with van der Waals surface area (Å²) in [6.07, 6.45) is 0.286. The molecule has 0 aliphatic heterocycles. The lowest BCUT2D eigenvalue weighted by molar-refractivity contribution is -0.368. The molecule has 14 heavy (non-hydrogen) atoms. The van der Waals surface area contributed by atoms with Crippen LogP contribution in [0, 0.1) is 0 Å². The van der Waals surface area contributed by atoms with Crippen LogP contribution in [-0.4, -0.2) is 17.8 Å². The lowest BCUT2D eigenvalue weighted by atomic mass is 10.1. The molecule has 0 aliphatic rings. The molecule has 0 radical (unpaired) electrons. The van der Waals surface area contributed by atoms with E-state index in [9.17, 15) is 0 Å². The molecule has 4 heteroatoms. The Hall–Kier alpha value is -1.55. The first kappa shape index (κ1) is 12.4. The van der Waals surface area contributed by atoms with Crippen molar-refractivity contribution in [3.63, 3.8) is 0 Å². The topological polar surface area (TPSA) is 88.0 Å². The van der Waals surface area contributed by atoms with Crippen molar-refractivity contribution in [1.29, 1.82) is 0 Å². The fourth-order valence-electron chi connectivity index (χ4n) is 0.974. The van der Waals surface area contributed by atoms with Gasteiger partial charge in [0, 0.05) is 6.42 Å². The molecule has 0 saturated heterocycles. The fourth-order valence-corrected chi connectivity index (χ4v) is 0.974. The van der Waals surface area contributed by atoms with Crippen LogP contribution in [0.2, 0.25) is 0 Å². The number of quaternary nitrogens is 1. The van der Waals surface area contributed by atoms with E-state index in [2.05, 4.69) is 30.0 Å². The number of hydrogen-bond donors (Lipinski definition) is 2. The van der Waals surface area contributed by atoms with E-state index in [0.717, 1.165) is 6.54 Å². The lowest BCUT2D eigenvalue weighted by Gasteiger charge is -1.95. The van der Waals surface area contributed by atoms with Crippen molar-refractivity contribution in [2.24, 2.45) is 0 Å². The third-order valence-electron chi connectivity index (χ3n) is 1.56. The summed E-state index contributed by atoms with van der Waals surface area (Å²) in [5.41, 5.74) is 5.22. The van der Waals surface area contributed by atoms with Gasteiger partial charge in [0.2, 0.25) is 6.16 Å². The van der Waals surface area contributed by atoms with E-state index in [-0.39, 0.29) is 0 Å². The Balaban J connectivity index is 0.000000364. The second kappa shape index (κ2) is 8.07. The molecule has 0 atom stereocenters. The van der Waals surface area contributed by atoms with Gasteiger partial charge in [-0.2, -0.15) is 0 Å². The molecule has 4 N–H and O–H groups in total. The quantitative estimate of drug-likeness (QED) is 0.700. The first-order chi connectivity index (χ1) is 6.66. The molecule has 0 aliphatic carbocycles. The predicted octanol–water partition coefficient (Wildman–Crippen LogP) is -0.251. The minimum atomic E-state index is -2.08. The number of benzene rings is 1. The molecule has 0 fully saturated rings. The van der Waals surface area contributed by atoms with E-state index in [0.29, 0.717) is 0 Å². The van der Waals surface area contributed by atoms with E-state index in [1.54, 1.807) is 0 Å². The van der Waals surface area contributed by atoms with Crippen LogP contribution >= 0.6 is 0 Å². The molecular formula is C10H15NO3. The van der Waals surface area contributed by atoms with Gasteiger partial charge in [-0.15, -0.1) is 0 Å².